The molecule has 2 nitrogen and oxygen atoms in total. The molecule has 2 heteroatoms. The highest BCUT2D eigenvalue weighted by Gasteiger charge is 2.38. The standard InChI is InChI=1S/C44H32N2/c1-44(2)38-25-23-32(29-12-5-3-6-13-29)28-37(38)35-24-26-40-41(42(35)44)36-17-11-16-34(43(36)46(40)33-14-7-4-8-15-33)30-19-21-31(22-20-30)39-18-9-10-27-45-39/h3-28H,1-2H3. The summed E-state index contributed by atoms with van der Waals surface area (Å²) in [6, 6.07) is 55.0. The first-order valence-corrected chi connectivity index (χ1v) is 16.0. The van der Waals surface area contributed by atoms with E-state index in [4.69, 9.17) is 0 Å². The smallest absolute Gasteiger partial charge is 0.0701 e. The first kappa shape index (κ1) is 26.7. The van der Waals surface area contributed by atoms with Crippen LogP contribution in [-0.4, -0.2) is 9.55 Å². The second kappa shape index (κ2) is 10.2. The van der Waals surface area contributed by atoms with E-state index in [1.54, 1.807) is 0 Å². The largest absolute Gasteiger partial charge is 0.309 e. The Hall–Kier alpha value is -5.73. The van der Waals surface area contributed by atoms with Gasteiger partial charge in [-0.2, -0.15) is 0 Å². The molecule has 0 saturated carbocycles. The second-order valence-corrected chi connectivity index (χ2v) is 12.8. The molecule has 0 amide bonds. The van der Waals surface area contributed by atoms with Gasteiger partial charge in [-0.3, -0.25) is 4.98 Å². The molecule has 1 aliphatic carbocycles. The topological polar surface area (TPSA) is 17.8 Å². The van der Waals surface area contributed by atoms with Gasteiger partial charge in [0.1, 0.15) is 0 Å². The van der Waals surface area contributed by atoms with E-state index in [9.17, 15) is 0 Å². The quantitative estimate of drug-likeness (QED) is 0.200. The van der Waals surface area contributed by atoms with Crippen LogP contribution in [0.5, 0.6) is 0 Å². The number of rotatable bonds is 4. The molecule has 0 fully saturated rings. The molecule has 46 heavy (non-hydrogen) atoms. The number of pyridine rings is 1. The van der Waals surface area contributed by atoms with E-state index >= 15 is 0 Å². The van der Waals surface area contributed by atoms with E-state index in [1.807, 2.05) is 18.3 Å². The lowest BCUT2D eigenvalue weighted by molar-refractivity contribution is 0.666. The van der Waals surface area contributed by atoms with Gasteiger partial charge in [-0.15, -0.1) is 0 Å². The van der Waals surface area contributed by atoms with Crippen LogP contribution in [0.1, 0.15) is 25.0 Å². The van der Waals surface area contributed by atoms with Gasteiger partial charge in [-0.1, -0.05) is 129 Å². The van der Waals surface area contributed by atoms with E-state index in [2.05, 4.69) is 163 Å². The van der Waals surface area contributed by atoms with Crippen molar-refractivity contribution in [2.45, 2.75) is 19.3 Å². The minimum absolute atomic E-state index is 0.157. The summed E-state index contributed by atoms with van der Waals surface area (Å²) in [5, 5.41) is 2.62. The maximum atomic E-state index is 4.57. The predicted molar refractivity (Wildman–Crippen MR) is 192 cm³/mol. The SMILES string of the molecule is CC1(C)c2ccc(-c3ccccc3)cc2-c2ccc3c(c21)c1cccc(-c2ccc(-c4ccccn4)cc2)c1n3-c1ccccc1. The molecule has 0 bridgehead atoms. The van der Waals surface area contributed by atoms with Crippen molar-refractivity contribution >= 4 is 21.8 Å². The van der Waals surface area contributed by atoms with Gasteiger partial charge in [0.15, 0.2) is 0 Å². The van der Waals surface area contributed by atoms with Crippen molar-refractivity contribution in [2.75, 3.05) is 0 Å². The number of hydrogen-bond acceptors (Lipinski definition) is 1. The van der Waals surface area contributed by atoms with Crippen LogP contribution in [0, 0.1) is 0 Å². The van der Waals surface area contributed by atoms with E-state index < -0.39 is 0 Å². The summed E-state index contributed by atoms with van der Waals surface area (Å²) < 4.78 is 2.47. The van der Waals surface area contributed by atoms with Crippen molar-refractivity contribution in [3.63, 3.8) is 0 Å². The van der Waals surface area contributed by atoms with Crippen LogP contribution >= 0.6 is 0 Å². The molecule has 0 saturated heterocycles. The van der Waals surface area contributed by atoms with Crippen molar-refractivity contribution in [2.24, 2.45) is 0 Å². The van der Waals surface area contributed by atoms with Crippen LogP contribution in [-0.2, 0) is 5.41 Å². The molecule has 2 aromatic heterocycles. The van der Waals surface area contributed by atoms with Gasteiger partial charge in [-0.25, -0.2) is 0 Å². The lowest BCUT2D eigenvalue weighted by Crippen LogP contribution is -2.15. The van der Waals surface area contributed by atoms with Crippen LogP contribution < -0.4 is 0 Å². The number of para-hydroxylation sites is 2. The normalized spacial score (nSPS) is 13.2. The molecule has 1 aliphatic rings. The minimum atomic E-state index is -0.157. The van der Waals surface area contributed by atoms with E-state index in [1.165, 1.54) is 72.0 Å². The molecule has 0 N–H and O–H groups in total. The first-order valence-electron chi connectivity index (χ1n) is 16.0. The van der Waals surface area contributed by atoms with Gasteiger partial charge in [0.2, 0.25) is 0 Å². The highest BCUT2D eigenvalue weighted by atomic mass is 15.0. The molecule has 8 aromatic rings. The Labute approximate surface area is 269 Å². The van der Waals surface area contributed by atoms with Crippen LogP contribution in [0.3, 0.4) is 0 Å². The highest BCUT2D eigenvalue weighted by molar-refractivity contribution is 6.17. The Bertz CT molecular complexity index is 2400. The van der Waals surface area contributed by atoms with Crippen LogP contribution in [0.15, 0.2) is 158 Å². The van der Waals surface area contributed by atoms with Crippen LogP contribution in [0.2, 0.25) is 0 Å². The summed E-state index contributed by atoms with van der Waals surface area (Å²) in [7, 11) is 0. The first-order chi connectivity index (χ1) is 22.6. The fourth-order valence-electron chi connectivity index (χ4n) is 7.72. The number of aromatic nitrogens is 2. The molecule has 0 atom stereocenters. The third kappa shape index (κ3) is 3.93. The summed E-state index contributed by atoms with van der Waals surface area (Å²) in [6.07, 6.45) is 1.85. The van der Waals surface area contributed by atoms with Gasteiger partial charge < -0.3 is 4.57 Å². The van der Waals surface area contributed by atoms with Crippen molar-refractivity contribution in [1.82, 2.24) is 9.55 Å². The van der Waals surface area contributed by atoms with Crippen molar-refractivity contribution in [3.05, 3.63) is 169 Å². The molecule has 0 unspecified atom stereocenters. The summed E-state index contributed by atoms with van der Waals surface area (Å²) in [5.41, 5.74) is 16.0. The van der Waals surface area contributed by atoms with E-state index in [0.29, 0.717) is 0 Å². The van der Waals surface area contributed by atoms with Crippen molar-refractivity contribution in [3.8, 4) is 50.3 Å². The zero-order valence-electron chi connectivity index (χ0n) is 25.9. The Morgan fingerprint density at radius 2 is 1.24 bits per heavy atom. The summed E-state index contributed by atoms with van der Waals surface area (Å²) >= 11 is 0. The number of nitrogens with zero attached hydrogens (tertiary/aromatic N) is 2. The summed E-state index contributed by atoms with van der Waals surface area (Å²) in [6.45, 7) is 4.79. The highest BCUT2D eigenvalue weighted by Crippen LogP contribution is 2.54. The molecule has 9 rings (SSSR count). The maximum absolute atomic E-state index is 4.57. The Morgan fingerprint density at radius 3 is 2.00 bits per heavy atom. The fourth-order valence-corrected chi connectivity index (χ4v) is 7.72. The molecule has 0 radical (unpaired) electrons. The van der Waals surface area contributed by atoms with Gasteiger partial charge in [0, 0.05) is 39.2 Å². The number of benzene rings is 6. The molecule has 218 valence electrons. The zero-order valence-corrected chi connectivity index (χ0v) is 25.9. The van der Waals surface area contributed by atoms with Gasteiger partial charge >= 0.3 is 0 Å². The van der Waals surface area contributed by atoms with Gasteiger partial charge in [0.25, 0.3) is 0 Å². The minimum Gasteiger partial charge on any atom is -0.309 e. The third-order valence-electron chi connectivity index (χ3n) is 9.84. The Morgan fingerprint density at radius 1 is 0.522 bits per heavy atom. The van der Waals surface area contributed by atoms with E-state index in [0.717, 1.165) is 11.3 Å². The second-order valence-electron chi connectivity index (χ2n) is 12.8. The molecule has 0 aliphatic heterocycles. The van der Waals surface area contributed by atoms with E-state index in [-0.39, 0.29) is 5.41 Å². The van der Waals surface area contributed by atoms with Gasteiger partial charge in [0.05, 0.1) is 16.7 Å². The zero-order chi connectivity index (χ0) is 30.8. The van der Waals surface area contributed by atoms with Gasteiger partial charge in [-0.05, 0) is 75.3 Å². The monoisotopic (exact) mass is 588 g/mol. The fraction of sp³-hybridized carbons (Fsp3) is 0.0682. The maximum Gasteiger partial charge on any atom is 0.0701 e. The molecule has 6 aromatic carbocycles. The number of hydrogen-bond donors (Lipinski definition) is 0. The summed E-state index contributed by atoms with van der Waals surface area (Å²) in [5.74, 6) is 0. The third-order valence-corrected chi connectivity index (χ3v) is 9.84. The molecule has 0 spiro atoms. The lowest BCUT2D eigenvalue weighted by Gasteiger charge is -2.23. The van der Waals surface area contributed by atoms with Crippen molar-refractivity contribution < 1.29 is 0 Å². The van der Waals surface area contributed by atoms with Crippen molar-refractivity contribution in [1.29, 1.82) is 0 Å². The summed E-state index contributed by atoms with van der Waals surface area (Å²) in [4.78, 5) is 4.57. The number of fused-ring (bicyclic) bond motifs is 7. The molecular weight excluding hydrogens is 556 g/mol. The van der Waals surface area contributed by atoms with Crippen LogP contribution in [0.4, 0.5) is 0 Å². The average molecular weight is 589 g/mol. The Kier molecular flexibility index (Phi) is 5.88. The molecule has 2 heterocycles. The van der Waals surface area contributed by atoms with Crippen LogP contribution in [0.25, 0.3) is 72.1 Å². The Balaban J connectivity index is 1.32. The average Bonchev–Trinajstić information content (AvgIpc) is 3.58. The lowest BCUT2D eigenvalue weighted by atomic mass is 9.80. The predicted octanol–water partition coefficient (Wildman–Crippen LogP) is 11.5. The molecular formula is C44H32N2.